The molecule has 0 radical (unpaired) electrons. The number of hydrogen-bond donors (Lipinski definition) is 1. The summed E-state index contributed by atoms with van der Waals surface area (Å²) in [5.41, 5.74) is 0. The molecule has 4 bridgehead atoms. The first-order valence-electron chi connectivity index (χ1n) is 10.4. The molecule has 5 aliphatic rings. The van der Waals surface area contributed by atoms with Gasteiger partial charge in [-0.15, -0.1) is 0 Å². The van der Waals surface area contributed by atoms with Crippen LogP contribution in [0.25, 0.3) is 0 Å². The maximum atomic E-state index is 13.1. The van der Waals surface area contributed by atoms with Crippen molar-refractivity contribution in [3.63, 3.8) is 0 Å². The van der Waals surface area contributed by atoms with Gasteiger partial charge in [0.15, 0.2) is 0 Å². The lowest BCUT2D eigenvalue weighted by Gasteiger charge is -2.54. The van der Waals surface area contributed by atoms with Gasteiger partial charge in [0.25, 0.3) is 0 Å². The largest absolute Gasteiger partial charge is 0.351 e. The highest BCUT2D eigenvalue weighted by Crippen LogP contribution is 2.53. The van der Waals surface area contributed by atoms with Crippen LogP contribution in [0, 0.1) is 23.7 Å². The third kappa shape index (κ3) is 3.01. The number of rotatable bonds is 4. The van der Waals surface area contributed by atoms with Gasteiger partial charge < -0.3 is 5.32 Å². The molecule has 1 N–H and O–H groups in total. The molecule has 0 spiro atoms. The number of sulfonamides is 1. The first kappa shape index (κ1) is 17.7. The van der Waals surface area contributed by atoms with Crippen LogP contribution < -0.4 is 5.32 Å². The molecule has 0 aromatic heterocycles. The Morgan fingerprint density at radius 2 is 1.59 bits per heavy atom. The van der Waals surface area contributed by atoms with E-state index in [2.05, 4.69) is 5.32 Å². The van der Waals surface area contributed by atoms with Crippen LogP contribution in [0.4, 0.5) is 0 Å². The monoisotopic (exact) mass is 388 g/mol. The van der Waals surface area contributed by atoms with E-state index in [9.17, 15) is 13.2 Å². The van der Waals surface area contributed by atoms with Crippen molar-refractivity contribution < 1.29 is 13.2 Å². The van der Waals surface area contributed by atoms with Gasteiger partial charge in [0.05, 0.1) is 4.90 Å². The minimum atomic E-state index is -3.62. The highest BCUT2D eigenvalue weighted by Gasteiger charge is 2.49. The van der Waals surface area contributed by atoms with Crippen molar-refractivity contribution >= 4 is 15.9 Å². The molecule has 1 aliphatic heterocycles. The fourth-order valence-corrected chi connectivity index (χ4v) is 8.12. The molecule has 0 unspecified atom stereocenters. The van der Waals surface area contributed by atoms with Gasteiger partial charge in [-0.3, -0.25) is 4.79 Å². The molecule has 5 fully saturated rings. The Labute approximate surface area is 161 Å². The normalized spacial score (nSPS) is 38.2. The summed E-state index contributed by atoms with van der Waals surface area (Å²) in [5, 5.41) is 3.31. The maximum absolute atomic E-state index is 13.1. The molecule has 146 valence electrons. The quantitative estimate of drug-likeness (QED) is 0.862. The second kappa shape index (κ2) is 6.59. The van der Waals surface area contributed by atoms with Crippen molar-refractivity contribution in [2.45, 2.75) is 61.9 Å². The Hall–Kier alpha value is -1.40. The van der Waals surface area contributed by atoms with Gasteiger partial charge in [-0.2, -0.15) is 4.31 Å². The molecular weight excluding hydrogens is 360 g/mol. The van der Waals surface area contributed by atoms with Crippen LogP contribution in [-0.2, 0) is 14.8 Å². The molecule has 1 atom stereocenters. The van der Waals surface area contributed by atoms with Crippen molar-refractivity contribution in [1.82, 2.24) is 9.62 Å². The summed E-state index contributed by atoms with van der Waals surface area (Å²) in [6.07, 6.45) is 7.73. The minimum absolute atomic E-state index is 0.0792. The molecule has 1 saturated heterocycles. The van der Waals surface area contributed by atoms with Gasteiger partial charge in [-0.05, 0) is 80.8 Å². The second-order valence-electron chi connectivity index (χ2n) is 9.05. The number of carbonyl (C=O) groups is 1. The SMILES string of the molecule is O=C(NC1C2CC3CC(C2)CC1C3)[C@@H]1CCCN1S(=O)(=O)c1ccccc1. The lowest BCUT2D eigenvalue weighted by Crippen LogP contribution is -2.58. The Morgan fingerprint density at radius 1 is 0.963 bits per heavy atom. The third-order valence-electron chi connectivity index (χ3n) is 7.39. The number of hydrogen-bond acceptors (Lipinski definition) is 3. The summed E-state index contributed by atoms with van der Waals surface area (Å²) in [6, 6.07) is 8.18. The zero-order chi connectivity index (χ0) is 18.6. The Bertz CT molecular complexity index is 795. The van der Waals surface area contributed by atoms with Crippen molar-refractivity contribution in [1.29, 1.82) is 0 Å². The van der Waals surface area contributed by atoms with Gasteiger partial charge in [0.2, 0.25) is 15.9 Å². The van der Waals surface area contributed by atoms with Crippen molar-refractivity contribution in [2.75, 3.05) is 6.54 Å². The molecular formula is C21H28N2O3S. The molecule has 6 heteroatoms. The predicted octanol–water partition coefficient (Wildman–Crippen LogP) is 2.78. The van der Waals surface area contributed by atoms with E-state index >= 15 is 0 Å². The summed E-state index contributed by atoms with van der Waals surface area (Å²) in [4.78, 5) is 13.4. The van der Waals surface area contributed by atoms with Crippen molar-refractivity contribution in [3.8, 4) is 0 Å². The Balaban J connectivity index is 1.33. The number of nitrogens with one attached hydrogen (secondary N) is 1. The zero-order valence-electron chi connectivity index (χ0n) is 15.6. The molecule has 4 aliphatic carbocycles. The predicted molar refractivity (Wildman–Crippen MR) is 102 cm³/mol. The topological polar surface area (TPSA) is 66.5 Å². The molecule has 4 saturated carbocycles. The lowest BCUT2D eigenvalue weighted by atomic mass is 9.54. The molecule has 27 heavy (non-hydrogen) atoms. The van der Waals surface area contributed by atoms with Crippen LogP contribution in [-0.4, -0.2) is 37.3 Å². The van der Waals surface area contributed by atoms with E-state index in [4.69, 9.17) is 0 Å². The van der Waals surface area contributed by atoms with Gasteiger partial charge in [0, 0.05) is 12.6 Å². The van der Waals surface area contributed by atoms with Crippen LogP contribution in [0.1, 0.15) is 44.9 Å². The maximum Gasteiger partial charge on any atom is 0.243 e. The van der Waals surface area contributed by atoms with E-state index in [1.807, 2.05) is 0 Å². The fourth-order valence-electron chi connectivity index (χ4n) is 6.44. The van der Waals surface area contributed by atoms with Gasteiger partial charge in [0.1, 0.15) is 6.04 Å². The summed E-state index contributed by atoms with van der Waals surface area (Å²) in [7, 11) is -3.62. The standard InChI is InChI=1S/C21H28N2O3S/c24-21(22-20-16-10-14-9-15(12-16)13-17(20)11-14)19-7-4-8-23(19)27(25,26)18-5-2-1-3-6-18/h1-3,5-6,14-17,19-20H,4,7-13H2,(H,22,24)/t14?,15?,16?,17?,19-,20?/m0/s1. The highest BCUT2D eigenvalue weighted by molar-refractivity contribution is 7.89. The van der Waals surface area contributed by atoms with E-state index in [0.29, 0.717) is 24.8 Å². The van der Waals surface area contributed by atoms with Crippen LogP contribution in [0.5, 0.6) is 0 Å². The van der Waals surface area contributed by atoms with Gasteiger partial charge in [-0.25, -0.2) is 8.42 Å². The van der Waals surface area contributed by atoms with Crippen LogP contribution in [0.3, 0.4) is 0 Å². The molecule has 5 nitrogen and oxygen atoms in total. The van der Waals surface area contributed by atoms with Crippen LogP contribution in [0.2, 0.25) is 0 Å². The Kier molecular flexibility index (Phi) is 4.32. The number of benzene rings is 1. The summed E-state index contributed by atoms with van der Waals surface area (Å²) >= 11 is 0. The molecule has 1 aromatic rings. The lowest BCUT2D eigenvalue weighted by molar-refractivity contribution is -0.128. The molecule has 1 amide bonds. The van der Waals surface area contributed by atoms with Crippen molar-refractivity contribution in [3.05, 3.63) is 30.3 Å². The number of carbonyl (C=O) groups excluding carboxylic acids is 1. The number of amides is 1. The first-order chi connectivity index (χ1) is 13.0. The van der Waals surface area contributed by atoms with Gasteiger partial charge in [-0.1, -0.05) is 18.2 Å². The average Bonchev–Trinajstić information content (AvgIpc) is 3.15. The summed E-state index contributed by atoms with van der Waals surface area (Å²) < 4.78 is 27.5. The minimum Gasteiger partial charge on any atom is -0.351 e. The number of nitrogens with zero attached hydrogens (tertiary/aromatic N) is 1. The van der Waals surface area contributed by atoms with Crippen LogP contribution in [0.15, 0.2) is 35.2 Å². The first-order valence-corrected chi connectivity index (χ1v) is 11.8. The van der Waals surface area contributed by atoms with Crippen molar-refractivity contribution in [2.24, 2.45) is 23.7 Å². The molecule has 6 rings (SSSR count). The van der Waals surface area contributed by atoms with E-state index < -0.39 is 16.1 Å². The molecule has 1 heterocycles. The third-order valence-corrected chi connectivity index (χ3v) is 9.31. The zero-order valence-corrected chi connectivity index (χ0v) is 16.4. The second-order valence-corrected chi connectivity index (χ2v) is 10.9. The molecule has 1 aromatic carbocycles. The summed E-state index contributed by atoms with van der Waals surface area (Å²) in [5.74, 6) is 2.85. The Morgan fingerprint density at radius 3 is 2.22 bits per heavy atom. The van der Waals surface area contributed by atoms with Gasteiger partial charge >= 0.3 is 0 Å². The highest BCUT2D eigenvalue weighted by atomic mass is 32.2. The van der Waals surface area contributed by atoms with E-state index in [1.54, 1.807) is 30.3 Å². The van der Waals surface area contributed by atoms with E-state index in [-0.39, 0.29) is 16.8 Å². The summed E-state index contributed by atoms with van der Waals surface area (Å²) in [6.45, 7) is 0.428. The van der Waals surface area contributed by atoms with E-state index in [1.165, 1.54) is 36.4 Å². The van der Waals surface area contributed by atoms with Crippen LogP contribution >= 0.6 is 0 Å². The average molecular weight is 389 g/mol. The smallest absolute Gasteiger partial charge is 0.243 e. The van der Waals surface area contributed by atoms with E-state index in [0.717, 1.165) is 18.3 Å². The fraction of sp³-hybridized carbons (Fsp3) is 0.667.